The monoisotopic (exact) mass is 448 g/mol. The van der Waals surface area contributed by atoms with Gasteiger partial charge in [0.2, 0.25) is 11.0 Å². The topological polar surface area (TPSA) is 102 Å². The Labute approximate surface area is 179 Å². The Bertz CT molecular complexity index is 1040. The molecule has 0 aliphatic rings. The number of hydrogen-bond donors (Lipinski definition) is 2. The summed E-state index contributed by atoms with van der Waals surface area (Å²) in [6.45, 7) is 0. The van der Waals surface area contributed by atoms with E-state index >= 15 is 0 Å². The largest absolute Gasteiger partial charge is 0.493 e. The summed E-state index contributed by atoms with van der Waals surface area (Å²) in [5, 5.41) is 13.5. The Kier molecular flexibility index (Phi) is 7.20. The van der Waals surface area contributed by atoms with Crippen LogP contribution in [0.2, 0.25) is 0 Å². The normalized spacial score (nSPS) is 10.4. The van der Waals surface area contributed by atoms with Crippen LogP contribution in [0.15, 0.2) is 46.8 Å². The summed E-state index contributed by atoms with van der Waals surface area (Å²) in [6, 6.07) is 10.3. The van der Waals surface area contributed by atoms with Crippen molar-refractivity contribution >= 4 is 45.7 Å². The average Bonchev–Trinajstić information content (AvgIpc) is 3.20. The standard InChI is InChI=1S/C19H17FN4O4S2/c1-27-14-8-3-11(9-15(14)28-2)17(26)22-18-23-24-19(30-18)29-10-16(25)21-13-6-4-12(20)5-7-13/h3-9H,10H2,1-2H3,(H,21,25)(H,22,23,26). The molecule has 30 heavy (non-hydrogen) atoms. The van der Waals surface area contributed by atoms with Gasteiger partial charge in [-0.3, -0.25) is 14.9 Å². The number of nitrogens with zero attached hydrogens (tertiary/aromatic N) is 2. The van der Waals surface area contributed by atoms with Crippen molar-refractivity contribution in [1.82, 2.24) is 10.2 Å². The van der Waals surface area contributed by atoms with Gasteiger partial charge in [0.1, 0.15) is 5.82 Å². The van der Waals surface area contributed by atoms with Crippen LogP contribution in [0.25, 0.3) is 0 Å². The molecule has 2 amide bonds. The number of rotatable bonds is 8. The van der Waals surface area contributed by atoms with E-state index in [0.717, 1.165) is 11.3 Å². The molecule has 8 nitrogen and oxygen atoms in total. The van der Waals surface area contributed by atoms with Crippen molar-refractivity contribution in [3.8, 4) is 11.5 Å². The van der Waals surface area contributed by atoms with Gasteiger partial charge in [-0.1, -0.05) is 23.1 Å². The summed E-state index contributed by atoms with van der Waals surface area (Å²) < 4.78 is 23.8. The Morgan fingerprint density at radius 3 is 2.47 bits per heavy atom. The fraction of sp³-hybridized carbons (Fsp3) is 0.158. The zero-order chi connectivity index (χ0) is 21.5. The third-order valence-electron chi connectivity index (χ3n) is 3.73. The number of carbonyl (C=O) groups excluding carboxylic acids is 2. The van der Waals surface area contributed by atoms with Crippen LogP contribution in [0.1, 0.15) is 10.4 Å². The highest BCUT2D eigenvalue weighted by atomic mass is 32.2. The molecule has 0 saturated carbocycles. The van der Waals surface area contributed by atoms with Crippen LogP contribution in [0.5, 0.6) is 11.5 Å². The molecule has 0 fully saturated rings. The van der Waals surface area contributed by atoms with E-state index < -0.39 is 0 Å². The number of thioether (sulfide) groups is 1. The molecule has 2 aromatic carbocycles. The minimum Gasteiger partial charge on any atom is -0.493 e. The van der Waals surface area contributed by atoms with Crippen molar-refractivity contribution in [2.45, 2.75) is 4.34 Å². The Hall–Kier alpha value is -3.18. The number of halogens is 1. The summed E-state index contributed by atoms with van der Waals surface area (Å²) in [6.07, 6.45) is 0. The number of nitrogens with one attached hydrogen (secondary N) is 2. The number of amides is 2. The first-order valence-corrected chi connectivity index (χ1v) is 10.3. The Morgan fingerprint density at radius 2 is 1.77 bits per heavy atom. The van der Waals surface area contributed by atoms with Gasteiger partial charge in [-0.2, -0.15) is 0 Å². The van der Waals surface area contributed by atoms with E-state index in [9.17, 15) is 14.0 Å². The van der Waals surface area contributed by atoms with E-state index in [1.54, 1.807) is 18.2 Å². The zero-order valence-electron chi connectivity index (χ0n) is 16.0. The predicted octanol–water partition coefficient (Wildman–Crippen LogP) is 3.68. The second kappa shape index (κ2) is 10.0. The van der Waals surface area contributed by atoms with E-state index in [2.05, 4.69) is 20.8 Å². The summed E-state index contributed by atoms with van der Waals surface area (Å²) in [5.41, 5.74) is 0.873. The molecule has 156 valence electrons. The molecule has 0 aliphatic heterocycles. The molecule has 0 unspecified atom stereocenters. The maximum atomic E-state index is 12.9. The van der Waals surface area contributed by atoms with Gasteiger partial charge in [-0.25, -0.2) is 4.39 Å². The van der Waals surface area contributed by atoms with Crippen molar-refractivity contribution in [2.24, 2.45) is 0 Å². The number of aromatic nitrogens is 2. The van der Waals surface area contributed by atoms with Crippen LogP contribution < -0.4 is 20.1 Å². The van der Waals surface area contributed by atoms with Crippen molar-refractivity contribution in [3.05, 3.63) is 53.8 Å². The van der Waals surface area contributed by atoms with E-state index in [4.69, 9.17) is 9.47 Å². The van der Waals surface area contributed by atoms with Gasteiger partial charge in [0.15, 0.2) is 15.8 Å². The number of carbonyl (C=O) groups is 2. The van der Waals surface area contributed by atoms with Crippen molar-refractivity contribution < 1.29 is 23.5 Å². The molecule has 1 heterocycles. The molecular weight excluding hydrogens is 431 g/mol. The van der Waals surface area contributed by atoms with Gasteiger partial charge in [0, 0.05) is 11.3 Å². The third-order valence-corrected chi connectivity index (χ3v) is 5.70. The summed E-state index contributed by atoms with van der Waals surface area (Å²) in [5.74, 6) is 0.0260. The molecule has 0 bridgehead atoms. The SMILES string of the molecule is COc1ccc(C(=O)Nc2nnc(SCC(=O)Nc3ccc(F)cc3)s2)cc1OC. The van der Waals surface area contributed by atoms with Crippen molar-refractivity contribution in [3.63, 3.8) is 0 Å². The van der Waals surface area contributed by atoms with Gasteiger partial charge in [-0.15, -0.1) is 10.2 Å². The zero-order valence-corrected chi connectivity index (χ0v) is 17.6. The van der Waals surface area contributed by atoms with Crippen LogP contribution in [-0.4, -0.2) is 42.0 Å². The van der Waals surface area contributed by atoms with Crippen LogP contribution in [-0.2, 0) is 4.79 Å². The lowest BCUT2D eigenvalue weighted by Gasteiger charge is -2.08. The first-order valence-electron chi connectivity index (χ1n) is 8.53. The first-order chi connectivity index (χ1) is 14.5. The fourth-order valence-corrected chi connectivity index (χ4v) is 3.87. The minimum absolute atomic E-state index is 0.0929. The molecule has 3 aromatic rings. The minimum atomic E-state index is -0.377. The number of hydrogen-bond acceptors (Lipinski definition) is 8. The van der Waals surface area contributed by atoms with Crippen LogP contribution >= 0.6 is 23.1 Å². The maximum Gasteiger partial charge on any atom is 0.257 e. The molecule has 0 radical (unpaired) electrons. The molecule has 1 aromatic heterocycles. The van der Waals surface area contributed by atoms with Gasteiger partial charge in [-0.05, 0) is 42.5 Å². The quantitative estimate of drug-likeness (QED) is 0.400. The second-order valence-corrected chi connectivity index (χ2v) is 7.94. The highest BCUT2D eigenvalue weighted by Gasteiger charge is 2.14. The molecule has 0 spiro atoms. The van der Waals surface area contributed by atoms with E-state index in [0.29, 0.717) is 32.2 Å². The fourth-order valence-electron chi connectivity index (χ4n) is 2.32. The lowest BCUT2D eigenvalue weighted by atomic mass is 10.2. The van der Waals surface area contributed by atoms with Crippen molar-refractivity contribution in [2.75, 3.05) is 30.6 Å². The smallest absolute Gasteiger partial charge is 0.257 e. The Morgan fingerprint density at radius 1 is 1.03 bits per heavy atom. The summed E-state index contributed by atoms with van der Waals surface area (Å²) in [7, 11) is 3.00. The average molecular weight is 449 g/mol. The lowest BCUT2D eigenvalue weighted by Crippen LogP contribution is -2.13. The second-order valence-electron chi connectivity index (χ2n) is 5.74. The van der Waals surface area contributed by atoms with Gasteiger partial charge in [0.05, 0.1) is 20.0 Å². The van der Waals surface area contributed by atoms with E-state index in [1.165, 1.54) is 50.2 Å². The first kappa shape index (κ1) is 21.5. The molecule has 0 atom stereocenters. The lowest BCUT2D eigenvalue weighted by molar-refractivity contribution is -0.113. The van der Waals surface area contributed by atoms with Gasteiger partial charge in [0.25, 0.3) is 5.91 Å². The number of ether oxygens (including phenoxy) is 2. The van der Waals surface area contributed by atoms with Crippen LogP contribution in [0, 0.1) is 5.82 Å². The van der Waals surface area contributed by atoms with Crippen LogP contribution in [0.4, 0.5) is 15.2 Å². The Balaban J connectivity index is 1.54. The predicted molar refractivity (Wildman–Crippen MR) is 113 cm³/mol. The van der Waals surface area contributed by atoms with E-state index in [-0.39, 0.29) is 23.4 Å². The molecule has 11 heteroatoms. The highest BCUT2D eigenvalue weighted by Crippen LogP contribution is 2.29. The third kappa shape index (κ3) is 5.67. The molecule has 0 aliphatic carbocycles. The highest BCUT2D eigenvalue weighted by molar-refractivity contribution is 8.01. The summed E-state index contributed by atoms with van der Waals surface area (Å²) in [4.78, 5) is 24.4. The number of methoxy groups -OCH3 is 2. The van der Waals surface area contributed by atoms with Crippen LogP contribution in [0.3, 0.4) is 0 Å². The molecule has 0 saturated heterocycles. The molecule has 2 N–H and O–H groups in total. The maximum absolute atomic E-state index is 12.9. The number of anilines is 2. The summed E-state index contributed by atoms with van der Waals surface area (Å²) >= 11 is 2.32. The van der Waals surface area contributed by atoms with Gasteiger partial charge >= 0.3 is 0 Å². The van der Waals surface area contributed by atoms with Gasteiger partial charge < -0.3 is 14.8 Å². The molecular formula is C19H17FN4O4S2. The van der Waals surface area contributed by atoms with Crippen molar-refractivity contribution in [1.29, 1.82) is 0 Å². The molecule has 3 rings (SSSR count). The number of benzene rings is 2. The van der Waals surface area contributed by atoms with E-state index in [1.807, 2.05) is 0 Å².